The van der Waals surface area contributed by atoms with Crippen molar-refractivity contribution in [3.8, 4) is 0 Å². The first-order chi connectivity index (χ1) is 5.98. The van der Waals surface area contributed by atoms with Crippen molar-refractivity contribution in [3.63, 3.8) is 0 Å². The molecule has 2 aliphatic rings. The number of alkyl halides is 2. The van der Waals surface area contributed by atoms with Gasteiger partial charge in [-0.3, -0.25) is 9.59 Å². The van der Waals surface area contributed by atoms with E-state index in [1.54, 1.807) is 0 Å². The molecule has 3 nitrogen and oxygen atoms in total. The van der Waals surface area contributed by atoms with Gasteiger partial charge >= 0.3 is 0 Å². The second kappa shape index (κ2) is 2.49. The lowest BCUT2D eigenvalue weighted by Crippen LogP contribution is -2.48. The maximum atomic E-state index is 12.4. The van der Waals surface area contributed by atoms with Gasteiger partial charge in [-0.05, 0) is 5.92 Å². The smallest absolute Gasteiger partial charge is 0.248 e. The van der Waals surface area contributed by atoms with Gasteiger partial charge in [-0.2, -0.15) is 0 Å². The van der Waals surface area contributed by atoms with Crippen LogP contribution in [0.25, 0.3) is 0 Å². The highest BCUT2D eigenvalue weighted by Crippen LogP contribution is 2.44. The third-order valence-electron chi connectivity index (χ3n) is 2.59. The number of nitrogens with one attached hydrogen (secondary N) is 1. The normalized spacial score (nSPS) is 32.9. The fourth-order valence-electron chi connectivity index (χ4n) is 1.90. The Morgan fingerprint density at radius 2 is 1.92 bits per heavy atom. The summed E-state index contributed by atoms with van der Waals surface area (Å²) >= 11 is 0. The summed E-state index contributed by atoms with van der Waals surface area (Å²) < 4.78 is 24.9. The molecule has 0 bridgehead atoms. The predicted molar refractivity (Wildman–Crippen MR) is 39.2 cm³/mol. The van der Waals surface area contributed by atoms with E-state index in [1.807, 2.05) is 0 Å². The number of rotatable bonds is 1. The molecule has 1 heterocycles. The molecule has 0 radical (unpaired) electrons. The van der Waals surface area contributed by atoms with Crippen LogP contribution < -0.4 is 5.32 Å². The molecule has 5 heteroatoms. The van der Waals surface area contributed by atoms with E-state index < -0.39 is 12.0 Å². The maximum absolute atomic E-state index is 12.4. The van der Waals surface area contributed by atoms with Crippen LogP contribution >= 0.6 is 0 Å². The van der Waals surface area contributed by atoms with Gasteiger partial charge in [0.2, 0.25) is 11.8 Å². The molecule has 1 amide bonds. The lowest BCUT2D eigenvalue weighted by atomic mass is 9.75. The van der Waals surface area contributed by atoms with E-state index in [0.717, 1.165) is 0 Å². The monoisotopic (exact) mass is 189 g/mol. The third-order valence-corrected chi connectivity index (χ3v) is 2.59. The second-order valence-electron chi connectivity index (χ2n) is 3.71. The summed E-state index contributed by atoms with van der Waals surface area (Å²) in [7, 11) is 0. The van der Waals surface area contributed by atoms with Gasteiger partial charge in [-0.25, -0.2) is 8.78 Å². The van der Waals surface area contributed by atoms with Crippen molar-refractivity contribution in [1.29, 1.82) is 0 Å². The molecule has 1 atom stereocenters. The average molecular weight is 189 g/mol. The van der Waals surface area contributed by atoms with Crippen LogP contribution in [0.2, 0.25) is 0 Å². The van der Waals surface area contributed by atoms with Gasteiger partial charge in [0.25, 0.3) is 0 Å². The van der Waals surface area contributed by atoms with E-state index in [4.69, 9.17) is 0 Å². The SMILES string of the molecule is O=C1CC(=O)C(C2CC(F)(F)C2)N1. The summed E-state index contributed by atoms with van der Waals surface area (Å²) in [5.74, 6) is -3.57. The number of halogens is 2. The molecular weight excluding hydrogens is 180 g/mol. The van der Waals surface area contributed by atoms with Crippen molar-refractivity contribution in [2.24, 2.45) is 5.92 Å². The molecule has 0 spiro atoms. The van der Waals surface area contributed by atoms with Crippen LogP contribution in [0.4, 0.5) is 8.78 Å². The Labute approximate surface area is 73.5 Å². The zero-order valence-corrected chi connectivity index (χ0v) is 6.85. The Balaban J connectivity index is 1.97. The van der Waals surface area contributed by atoms with Crippen LogP contribution in [0, 0.1) is 5.92 Å². The van der Waals surface area contributed by atoms with Crippen molar-refractivity contribution in [2.45, 2.75) is 31.2 Å². The summed E-state index contributed by atoms with van der Waals surface area (Å²) in [4.78, 5) is 21.9. The molecule has 72 valence electrons. The third kappa shape index (κ3) is 1.43. The number of Topliss-reactive ketones (excluding diaryl/α,β-unsaturated/α-hetero) is 1. The first-order valence-corrected chi connectivity index (χ1v) is 4.18. The first kappa shape index (κ1) is 8.59. The largest absolute Gasteiger partial charge is 0.346 e. The minimum absolute atomic E-state index is 0.146. The van der Waals surface area contributed by atoms with Gasteiger partial charge in [-0.1, -0.05) is 0 Å². The highest BCUT2D eigenvalue weighted by molar-refractivity contribution is 6.07. The van der Waals surface area contributed by atoms with Crippen LogP contribution in [0.3, 0.4) is 0 Å². The highest BCUT2D eigenvalue weighted by Gasteiger charge is 2.52. The number of amides is 1. The zero-order chi connectivity index (χ0) is 9.64. The minimum atomic E-state index is -2.63. The minimum Gasteiger partial charge on any atom is -0.346 e. The highest BCUT2D eigenvalue weighted by atomic mass is 19.3. The van der Waals surface area contributed by atoms with E-state index >= 15 is 0 Å². The Bertz CT molecular complexity index is 269. The average Bonchev–Trinajstić information content (AvgIpc) is 2.24. The van der Waals surface area contributed by atoms with E-state index in [1.165, 1.54) is 0 Å². The molecule has 2 fully saturated rings. The van der Waals surface area contributed by atoms with Crippen molar-refractivity contribution in [1.82, 2.24) is 5.32 Å². The van der Waals surface area contributed by atoms with E-state index in [9.17, 15) is 18.4 Å². The molecule has 1 saturated heterocycles. The molecular formula is C8H9F2NO2. The summed E-state index contributed by atoms with van der Waals surface area (Å²) in [6.07, 6.45) is -0.694. The van der Waals surface area contributed by atoms with Gasteiger partial charge in [0, 0.05) is 12.8 Å². The predicted octanol–water partition coefficient (Wildman–Crippen LogP) is 0.489. The molecule has 1 unspecified atom stereocenters. The Morgan fingerprint density at radius 1 is 1.31 bits per heavy atom. The summed E-state index contributed by atoms with van der Waals surface area (Å²) in [5.41, 5.74) is 0. The molecule has 0 aromatic rings. The fraction of sp³-hybridized carbons (Fsp3) is 0.750. The van der Waals surface area contributed by atoms with Gasteiger partial charge in [0.15, 0.2) is 5.78 Å². The van der Waals surface area contributed by atoms with Crippen LogP contribution in [-0.4, -0.2) is 23.7 Å². The van der Waals surface area contributed by atoms with Gasteiger partial charge in [-0.15, -0.1) is 0 Å². The van der Waals surface area contributed by atoms with Crippen LogP contribution in [0.15, 0.2) is 0 Å². The van der Waals surface area contributed by atoms with Crippen molar-refractivity contribution in [2.75, 3.05) is 0 Å². The maximum Gasteiger partial charge on any atom is 0.248 e. The van der Waals surface area contributed by atoms with Gasteiger partial charge in [0.05, 0.1) is 12.5 Å². The molecule has 0 aromatic heterocycles. The standard InChI is InChI=1S/C8H9F2NO2/c9-8(10)2-4(3-8)7-5(12)1-6(13)11-7/h4,7H,1-3H2,(H,11,13). The van der Waals surface area contributed by atoms with Crippen LogP contribution in [0.1, 0.15) is 19.3 Å². The zero-order valence-electron chi connectivity index (χ0n) is 6.85. The fourth-order valence-corrected chi connectivity index (χ4v) is 1.90. The summed E-state index contributed by atoms with van der Waals surface area (Å²) in [6.45, 7) is 0. The van der Waals surface area contributed by atoms with E-state index in [-0.39, 0.29) is 36.9 Å². The number of hydrogen-bond acceptors (Lipinski definition) is 2. The summed E-state index contributed by atoms with van der Waals surface area (Å²) in [6, 6.07) is -0.646. The number of ketones is 1. The molecule has 1 aliphatic carbocycles. The Hall–Kier alpha value is -1.00. The first-order valence-electron chi connectivity index (χ1n) is 4.18. The molecule has 2 rings (SSSR count). The van der Waals surface area contributed by atoms with Gasteiger partial charge < -0.3 is 5.32 Å². The molecule has 13 heavy (non-hydrogen) atoms. The van der Waals surface area contributed by atoms with Crippen molar-refractivity contribution < 1.29 is 18.4 Å². The second-order valence-corrected chi connectivity index (χ2v) is 3.71. The molecule has 1 N–H and O–H groups in total. The number of carbonyl (C=O) groups is 2. The summed E-state index contributed by atoms with van der Waals surface area (Å²) in [5, 5.41) is 2.42. The van der Waals surface area contributed by atoms with E-state index in [2.05, 4.69) is 5.32 Å². The van der Waals surface area contributed by atoms with Crippen molar-refractivity contribution in [3.05, 3.63) is 0 Å². The Kier molecular flexibility index (Phi) is 1.65. The lowest BCUT2D eigenvalue weighted by Gasteiger charge is -2.37. The lowest BCUT2D eigenvalue weighted by molar-refractivity contribution is -0.135. The number of carbonyl (C=O) groups excluding carboxylic acids is 2. The van der Waals surface area contributed by atoms with Crippen molar-refractivity contribution >= 4 is 11.7 Å². The molecule has 1 aliphatic heterocycles. The van der Waals surface area contributed by atoms with E-state index in [0.29, 0.717) is 0 Å². The number of hydrogen-bond donors (Lipinski definition) is 1. The van der Waals surface area contributed by atoms with Crippen LogP contribution in [-0.2, 0) is 9.59 Å². The molecule has 0 aromatic carbocycles. The van der Waals surface area contributed by atoms with Crippen LogP contribution in [0.5, 0.6) is 0 Å². The Morgan fingerprint density at radius 3 is 2.31 bits per heavy atom. The quantitative estimate of drug-likeness (QED) is 0.610. The topological polar surface area (TPSA) is 46.2 Å². The van der Waals surface area contributed by atoms with Gasteiger partial charge in [0.1, 0.15) is 0 Å². The molecule has 1 saturated carbocycles.